The summed E-state index contributed by atoms with van der Waals surface area (Å²) in [7, 11) is 1.85. The summed E-state index contributed by atoms with van der Waals surface area (Å²) in [4.78, 5) is 14.1. The van der Waals surface area contributed by atoms with Crippen LogP contribution >= 0.6 is 0 Å². The van der Waals surface area contributed by atoms with E-state index >= 15 is 0 Å². The summed E-state index contributed by atoms with van der Waals surface area (Å²) >= 11 is 0. The fourth-order valence-electron chi connectivity index (χ4n) is 5.15. The van der Waals surface area contributed by atoms with Gasteiger partial charge in [-0.2, -0.15) is 0 Å². The lowest BCUT2D eigenvalue weighted by molar-refractivity contribution is -0.133. The van der Waals surface area contributed by atoms with Gasteiger partial charge in [0.2, 0.25) is 5.91 Å². The van der Waals surface area contributed by atoms with Crippen LogP contribution in [0.3, 0.4) is 0 Å². The molecule has 0 aliphatic heterocycles. The van der Waals surface area contributed by atoms with Crippen LogP contribution in [-0.4, -0.2) is 58.9 Å². The van der Waals surface area contributed by atoms with E-state index in [9.17, 15) is 15.0 Å². The van der Waals surface area contributed by atoms with Crippen LogP contribution in [0, 0.1) is 23.7 Å². The van der Waals surface area contributed by atoms with E-state index in [0.29, 0.717) is 24.3 Å². The molecule has 1 amide bonds. The molecule has 0 heterocycles. The molecule has 2 aliphatic rings. The monoisotopic (exact) mass is 448 g/mol. The predicted molar refractivity (Wildman–Crippen MR) is 132 cm³/mol. The molecule has 184 valence electrons. The van der Waals surface area contributed by atoms with Gasteiger partial charge in [0, 0.05) is 18.5 Å². The van der Waals surface area contributed by atoms with Crippen molar-refractivity contribution in [3.8, 4) is 0 Å². The van der Waals surface area contributed by atoms with Crippen molar-refractivity contribution >= 4 is 5.91 Å². The number of fused-ring (bicyclic) bond motifs is 1. The summed E-state index contributed by atoms with van der Waals surface area (Å²) < 4.78 is 0. The van der Waals surface area contributed by atoms with Crippen molar-refractivity contribution in [2.75, 3.05) is 20.1 Å². The first kappa shape index (κ1) is 27.1. The van der Waals surface area contributed by atoms with E-state index in [0.717, 1.165) is 38.6 Å². The maximum Gasteiger partial charge on any atom is 0.236 e. The average Bonchev–Trinajstić information content (AvgIpc) is 3.22. The van der Waals surface area contributed by atoms with Gasteiger partial charge in [0.05, 0.1) is 18.8 Å². The summed E-state index contributed by atoms with van der Waals surface area (Å²) in [5.74, 6) is 1.65. The van der Waals surface area contributed by atoms with Crippen molar-refractivity contribution in [3.63, 3.8) is 0 Å². The molecule has 0 bridgehead atoms. The predicted octanol–water partition coefficient (Wildman–Crippen LogP) is 4.30. The van der Waals surface area contributed by atoms with E-state index in [2.05, 4.69) is 31.3 Å². The highest BCUT2D eigenvalue weighted by Gasteiger charge is 2.43. The molecular formula is C27H48N2O3. The van der Waals surface area contributed by atoms with Crippen LogP contribution in [0.4, 0.5) is 0 Å². The fraction of sp³-hybridized carbons (Fsp3) is 0.815. The SMILES string of the molecule is CCCC[C@H](C)C[C@H](O)/C=C/[C@@H]1[C@H]2CC(CCNCC(=O)N(C)C(C)(C)C)=C[C@H]2C[C@H]1O. The van der Waals surface area contributed by atoms with Crippen LogP contribution in [0.15, 0.2) is 23.8 Å². The molecule has 0 saturated heterocycles. The van der Waals surface area contributed by atoms with Gasteiger partial charge in [0.25, 0.3) is 0 Å². The highest BCUT2D eigenvalue weighted by atomic mass is 16.3. The average molecular weight is 449 g/mol. The molecule has 0 radical (unpaired) electrons. The Kier molecular flexibility index (Phi) is 10.4. The van der Waals surface area contributed by atoms with E-state index in [1.165, 1.54) is 18.4 Å². The van der Waals surface area contributed by atoms with Crippen LogP contribution in [-0.2, 0) is 4.79 Å². The van der Waals surface area contributed by atoms with E-state index in [4.69, 9.17) is 0 Å². The van der Waals surface area contributed by atoms with Gasteiger partial charge in [-0.15, -0.1) is 0 Å². The molecule has 2 aliphatic carbocycles. The Morgan fingerprint density at radius 2 is 2.09 bits per heavy atom. The fourth-order valence-corrected chi connectivity index (χ4v) is 5.15. The lowest BCUT2D eigenvalue weighted by Crippen LogP contribution is -2.46. The zero-order chi connectivity index (χ0) is 23.9. The van der Waals surface area contributed by atoms with Gasteiger partial charge < -0.3 is 20.4 Å². The smallest absolute Gasteiger partial charge is 0.236 e. The molecule has 0 aromatic rings. The molecule has 0 unspecified atom stereocenters. The zero-order valence-electron chi connectivity index (χ0n) is 21.3. The molecule has 5 heteroatoms. The van der Waals surface area contributed by atoms with Crippen molar-refractivity contribution in [1.82, 2.24) is 10.2 Å². The van der Waals surface area contributed by atoms with Crippen molar-refractivity contribution in [1.29, 1.82) is 0 Å². The van der Waals surface area contributed by atoms with Gasteiger partial charge in [0.1, 0.15) is 0 Å². The molecule has 3 N–H and O–H groups in total. The Morgan fingerprint density at radius 1 is 1.38 bits per heavy atom. The summed E-state index contributed by atoms with van der Waals surface area (Å²) in [6.07, 6.45) is 12.8. The third-order valence-corrected chi connectivity index (χ3v) is 7.48. The number of hydrogen-bond acceptors (Lipinski definition) is 4. The van der Waals surface area contributed by atoms with E-state index < -0.39 is 6.10 Å². The second kappa shape index (κ2) is 12.3. The Labute approximate surface area is 196 Å². The molecule has 0 aromatic carbocycles. The Morgan fingerprint density at radius 3 is 2.75 bits per heavy atom. The molecule has 5 nitrogen and oxygen atoms in total. The molecule has 1 saturated carbocycles. The van der Waals surface area contributed by atoms with Gasteiger partial charge >= 0.3 is 0 Å². The first-order chi connectivity index (χ1) is 15.0. The normalized spacial score (nSPS) is 27.4. The standard InChI is InChI=1S/C27H48N2O3/c1-7-8-9-19(2)14-22(30)10-11-23-24-16-20(15-21(24)17-25(23)31)12-13-28-18-26(32)29(6)27(3,4)5/h10-11,15,19,21-25,28,30-31H,7-9,12-14,16-18H2,1-6H3/b11-10+/t19-,21-,22+,23+,24-,25+/m0/s1. The summed E-state index contributed by atoms with van der Waals surface area (Å²) in [5.41, 5.74) is 1.28. The maximum atomic E-state index is 12.3. The minimum absolute atomic E-state index is 0.116. The Balaban J connectivity index is 1.76. The number of unbranched alkanes of at least 4 members (excludes halogenated alkanes) is 1. The highest BCUT2D eigenvalue weighted by Crippen LogP contribution is 2.47. The van der Waals surface area contributed by atoms with Crippen LogP contribution in [0.5, 0.6) is 0 Å². The van der Waals surface area contributed by atoms with Crippen LogP contribution in [0.25, 0.3) is 0 Å². The number of carbonyl (C=O) groups is 1. The largest absolute Gasteiger partial charge is 0.392 e. The third kappa shape index (κ3) is 8.00. The topological polar surface area (TPSA) is 72.8 Å². The molecule has 32 heavy (non-hydrogen) atoms. The molecular weight excluding hydrogens is 400 g/mol. The molecule has 2 rings (SSSR count). The lowest BCUT2D eigenvalue weighted by Gasteiger charge is -2.32. The van der Waals surface area contributed by atoms with Crippen LogP contribution in [0.2, 0.25) is 0 Å². The van der Waals surface area contributed by atoms with E-state index in [1.54, 1.807) is 4.90 Å². The maximum absolute atomic E-state index is 12.3. The minimum atomic E-state index is -0.421. The number of carbonyl (C=O) groups excluding carboxylic acids is 1. The van der Waals surface area contributed by atoms with Gasteiger partial charge in [-0.05, 0) is 70.8 Å². The Bertz CT molecular complexity index is 652. The molecule has 6 atom stereocenters. The van der Waals surface area contributed by atoms with Gasteiger partial charge in [-0.25, -0.2) is 0 Å². The van der Waals surface area contributed by atoms with Crippen molar-refractivity contribution in [3.05, 3.63) is 23.8 Å². The van der Waals surface area contributed by atoms with E-state index in [-0.39, 0.29) is 23.5 Å². The third-order valence-electron chi connectivity index (χ3n) is 7.48. The number of hydrogen-bond donors (Lipinski definition) is 3. The Hall–Kier alpha value is -1.17. The lowest BCUT2D eigenvalue weighted by atomic mass is 9.88. The summed E-state index contributed by atoms with van der Waals surface area (Å²) in [6, 6.07) is 0. The van der Waals surface area contributed by atoms with E-state index in [1.807, 2.05) is 33.9 Å². The number of nitrogens with one attached hydrogen (secondary N) is 1. The van der Waals surface area contributed by atoms with Gasteiger partial charge in [-0.1, -0.05) is 56.9 Å². The summed E-state index contributed by atoms with van der Waals surface area (Å²) in [6.45, 7) is 11.7. The number of rotatable bonds is 12. The number of likely N-dealkylation sites (N-methyl/N-ethyl adjacent to an activating group) is 1. The molecule has 0 aromatic heterocycles. The second-order valence-electron chi connectivity index (χ2n) is 11.2. The van der Waals surface area contributed by atoms with Crippen molar-refractivity contribution in [2.45, 2.75) is 97.3 Å². The number of amides is 1. The minimum Gasteiger partial charge on any atom is -0.392 e. The number of aliphatic hydroxyl groups is 2. The first-order valence-corrected chi connectivity index (χ1v) is 12.7. The quantitative estimate of drug-likeness (QED) is 0.307. The number of allylic oxidation sites excluding steroid dienone is 1. The van der Waals surface area contributed by atoms with Gasteiger partial charge in [-0.3, -0.25) is 4.79 Å². The molecule has 0 spiro atoms. The highest BCUT2D eigenvalue weighted by molar-refractivity contribution is 5.78. The second-order valence-corrected chi connectivity index (χ2v) is 11.2. The van der Waals surface area contributed by atoms with Crippen molar-refractivity contribution in [2.24, 2.45) is 23.7 Å². The number of aliphatic hydroxyl groups excluding tert-OH is 2. The van der Waals surface area contributed by atoms with Crippen LogP contribution < -0.4 is 5.32 Å². The van der Waals surface area contributed by atoms with Crippen molar-refractivity contribution < 1.29 is 15.0 Å². The zero-order valence-corrected chi connectivity index (χ0v) is 21.3. The van der Waals surface area contributed by atoms with Gasteiger partial charge in [0.15, 0.2) is 0 Å². The first-order valence-electron chi connectivity index (χ1n) is 12.7. The van der Waals surface area contributed by atoms with Crippen LogP contribution in [0.1, 0.15) is 79.6 Å². The summed E-state index contributed by atoms with van der Waals surface area (Å²) in [5, 5.41) is 24.3. The molecule has 1 fully saturated rings. The number of nitrogens with zero attached hydrogens (tertiary/aromatic N) is 1.